The third-order valence-electron chi connectivity index (χ3n) is 2.77. The minimum atomic E-state index is 0.0141. The molecule has 1 atom stereocenters. The van der Waals surface area contributed by atoms with Gasteiger partial charge in [0.05, 0.1) is 6.61 Å². The van der Waals surface area contributed by atoms with Gasteiger partial charge in [-0.15, -0.1) is 0 Å². The van der Waals surface area contributed by atoms with E-state index < -0.39 is 0 Å². The first-order valence-corrected chi connectivity index (χ1v) is 6.28. The summed E-state index contributed by atoms with van der Waals surface area (Å²) in [6.45, 7) is 11.5. The van der Waals surface area contributed by atoms with Crippen molar-refractivity contribution in [3.05, 3.63) is 29.3 Å². The second-order valence-corrected chi connectivity index (χ2v) is 5.99. The molecule has 2 nitrogen and oxygen atoms in total. The molecule has 0 saturated heterocycles. The molecule has 0 fully saturated rings. The minimum absolute atomic E-state index is 0.0141. The number of hydrogen-bond acceptors (Lipinski definition) is 2. The smallest absolute Gasteiger partial charge is 0.124 e. The maximum atomic E-state index is 5.94. The van der Waals surface area contributed by atoms with E-state index in [2.05, 4.69) is 45.9 Å². The molecule has 0 aliphatic carbocycles. The molecule has 1 rings (SSSR count). The van der Waals surface area contributed by atoms with Gasteiger partial charge in [0.1, 0.15) is 5.75 Å². The molecule has 0 heterocycles. The topological polar surface area (TPSA) is 35.2 Å². The SMILES string of the molecule is Cc1ccc([C@H](C)N)c(OCCC(C)(C)C)c1. The summed E-state index contributed by atoms with van der Waals surface area (Å²) in [5, 5.41) is 0. The molecule has 0 spiro atoms. The summed E-state index contributed by atoms with van der Waals surface area (Å²) in [4.78, 5) is 0. The van der Waals surface area contributed by atoms with Gasteiger partial charge in [-0.1, -0.05) is 32.9 Å². The molecule has 0 aliphatic heterocycles. The van der Waals surface area contributed by atoms with Gasteiger partial charge in [0.25, 0.3) is 0 Å². The van der Waals surface area contributed by atoms with Crippen LogP contribution in [-0.2, 0) is 0 Å². The molecule has 0 aliphatic rings. The Balaban J connectivity index is 2.72. The van der Waals surface area contributed by atoms with E-state index in [4.69, 9.17) is 10.5 Å². The van der Waals surface area contributed by atoms with Crippen LogP contribution in [0.5, 0.6) is 5.75 Å². The van der Waals surface area contributed by atoms with Crippen LogP contribution in [0.3, 0.4) is 0 Å². The second kappa shape index (κ2) is 5.54. The fraction of sp³-hybridized carbons (Fsp3) is 0.600. The number of rotatable bonds is 4. The zero-order chi connectivity index (χ0) is 13.1. The molecule has 0 bridgehead atoms. The summed E-state index contributed by atoms with van der Waals surface area (Å²) >= 11 is 0. The van der Waals surface area contributed by atoms with E-state index in [1.807, 2.05) is 6.92 Å². The first kappa shape index (κ1) is 14.0. The van der Waals surface area contributed by atoms with Gasteiger partial charge in [-0.05, 0) is 37.3 Å². The average Bonchev–Trinajstić information content (AvgIpc) is 2.15. The maximum Gasteiger partial charge on any atom is 0.124 e. The number of nitrogens with two attached hydrogens (primary N) is 1. The van der Waals surface area contributed by atoms with Crippen LogP contribution in [0.1, 0.15) is 51.3 Å². The molecule has 2 N–H and O–H groups in total. The van der Waals surface area contributed by atoms with Gasteiger partial charge in [-0.2, -0.15) is 0 Å². The van der Waals surface area contributed by atoms with Crippen molar-refractivity contribution in [1.82, 2.24) is 0 Å². The summed E-state index contributed by atoms with van der Waals surface area (Å²) in [6.07, 6.45) is 1.04. The molecule has 0 saturated carbocycles. The first-order valence-electron chi connectivity index (χ1n) is 6.28. The van der Waals surface area contributed by atoms with E-state index in [9.17, 15) is 0 Å². The summed E-state index contributed by atoms with van der Waals surface area (Å²) in [5.41, 5.74) is 8.54. The van der Waals surface area contributed by atoms with Crippen LogP contribution in [0.25, 0.3) is 0 Å². The van der Waals surface area contributed by atoms with Crippen LogP contribution in [-0.4, -0.2) is 6.61 Å². The quantitative estimate of drug-likeness (QED) is 0.860. The van der Waals surface area contributed by atoms with Crippen molar-refractivity contribution in [2.24, 2.45) is 11.1 Å². The molecular formula is C15H25NO. The highest BCUT2D eigenvalue weighted by atomic mass is 16.5. The van der Waals surface area contributed by atoms with Crippen LogP contribution >= 0.6 is 0 Å². The Morgan fingerprint density at radius 2 is 1.94 bits per heavy atom. The summed E-state index contributed by atoms with van der Waals surface area (Å²) in [5.74, 6) is 0.934. The molecule has 0 radical (unpaired) electrons. The van der Waals surface area contributed by atoms with Crippen LogP contribution in [0.4, 0.5) is 0 Å². The number of aryl methyl sites for hydroxylation is 1. The fourth-order valence-electron chi connectivity index (χ4n) is 1.61. The fourth-order valence-corrected chi connectivity index (χ4v) is 1.61. The van der Waals surface area contributed by atoms with Crippen LogP contribution in [0.2, 0.25) is 0 Å². The van der Waals surface area contributed by atoms with E-state index in [0.29, 0.717) is 5.41 Å². The van der Waals surface area contributed by atoms with Gasteiger partial charge >= 0.3 is 0 Å². The zero-order valence-electron chi connectivity index (χ0n) is 11.7. The number of benzene rings is 1. The van der Waals surface area contributed by atoms with Gasteiger partial charge in [0.15, 0.2) is 0 Å². The third-order valence-corrected chi connectivity index (χ3v) is 2.77. The molecule has 1 aromatic carbocycles. The largest absolute Gasteiger partial charge is 0.493 e. The monoisotopic (exact) mass is 235 g/mol. The highest BCUT2D eigenvalue weighted by molar-refractivity contribution is 5.38. The van der Waals surface area contributed by atoms with Gasteiger partial charge < -0.3 is 10.5 Å². The highest BCUT2D eigenvalue weighted by Crippen LogP contribution is 2.26. The Hall–Kier alpha value is -1.02. The van der Waals surface area contributed by atoms with Crippen LogP contribution < -0.4 is 10.5 Å². The van der Waals surface area contributed by atoms with E-state index in [0.717, 1.165) is 24.3 Å². The lowest BCUT2D eigenvalue weighted by molar-refractivity contribution is 0.240. The van der Waals surface area contributed by atoms with Crippen molar-refractivity contribution < 1.29 is 4.74 Å². The second-order valence-electron chi connectivity index (χ2n) is 5.99. The molecule has 0 aromatic heterocycles. The summed E-state index contributed by atoms with van der Waals surface area (Å²) in [7, 11) is 0. The Morgan fingerprint density at radius 1 is 1.29 bits per heavy atom. The normalized spacial score (nSPS) is 13.5. The van der Waals surface area contributed by atoms with Crippen molar-refractivity contribution >= 4 is 0 Å². The molecule has 0 amide bonds. The van der Waals surface area contributed by atoms with Crippen molar-refractivity contribution in [2.75, 3.05) is 6.61 Å². The molecular weight excluding hydrogens is 210 g/mol. The summed E-state index contributed by atoms with van der Waals surface area (Å²) in [6, 6.07) is 6.23. The number of ether oxygens (including phenoxy) is 1. The Kier molecular flexibility index (Phi) is 4.58. The zero-order valence-corrected chi connectivity index (χ0v) is 11.7. The van der Waals surface area contributed by atoms with Gasteiger partial charge in [0, 0.05) is 11.6 Å². The molecule has 1 aromatic rings. The van der Waals surface area contributed by atoms with Crippen LogP contribution in [0.15, 0.2) is 18.2 Å². The van der Waals surface area contributed by atoms with Crippen molar-refractivity contribution in [2.45, 2.75) is 47.1 Å². The van der Waals surface area contributed by atoms with E-state index in [1.165, 1.54) is 5.56 Å². The Labute approximate surface area is 105 Å². The molecule has 2 heteroatoms. The lowest BCUT2D eigenvalue weighted by Crippen LogP contribution is -2.13. The lowest BCUT2D eigenvalue weighted by atomic mass is 9.93. The maximum absolute atomic E-state index is 5.94. The standard InChI is InChI=1S/C15H25NO/c1-11-6-7-13(12(2)16)14(10-11)17-9-8-15(3,4)5/h6-7,10,12H,8-9,16H2,1-5H3/t12-/m0/s1. The lowest BCUT2D eigenvalue weighted by Gasteiger charge is -2.20. The molecule has 17 heavy (non-hydrogen) atoms. The first-order chi connectivity index (χ1) is 7.79. The van der Waals surface area contributed by atoms with Gasteiger partial charge in [-0.3, -0.25) is 0 Å². The molecule has 96 valence electrons. The third kappa shape index (κ3) is 4.78. The Bertz CT molecular complexity index is 364. The Morgan fingerprint density at radius 3 is 2.47 bits per heavy atom. The van der Waals surface area contributed by atoms with Gasteiger partial charge in [0.2, 0.25) is 0 Å². The highest BCUT2D eigenvalue weighted by Gasteiger charge is 2.12. The van der Waals surface area contributed by atoms with Crippen molar-refractivity contribution in [1.29, 1.82) is 0 Å². The minimum Gasteiger partial charge on any atom is -0.493 e. The van der Waals surface area contributed by atoms with E-state index >= 15 is 0 Å². The summed E-state index contributed by atoms with van der Waals surface area (Å²) < 4.78 is 5.88. The average molecular weight is 235 g/mol. The van der Waals surface area contributed by atoms with Gasteiger partial charge in [-0.25, -0.2) is 0 Å². The molecule has 0 unspecified atom stereocenters. The van der Waals surface area contributed by atoms with Crippen LogP contribution in [0, 0.1) is 12.3 Å². The van der Waals surface area contributed by atoms with Crippen molar-refractivity contribution in [3.63, 3.8) is 0 Å². The van der Waals surface area contributed by atoms with Crippen molar-refractivity contribution in [3.8, 4) is 5.75 Å². The van der Waals surface area contributed by atoms with E-state index in [-0.39, 0.29) is 6.04 Å². The number of hydrogen-bond donors (Lipinski definition) is 1. The predicted octanol–water partition coefficient (Wildman–Crippen LogP) is 3.83. The predicted molar refractivity (Wildman–Crippen MR) is 73.3 cm³/mol. The van der Waals surface area contributed by atoms with E-state index in [1.54, 1.807) is 0 Å².